The summed E-state index contributed by atoms with van der Waals surface area (Å²) in [4.78, 5) is 30.4. The van der Waals surface area contributed by atoms with Gasteiger partial charge in [0.1, 0.15) is 12.2 Å². The topological polar surface area (TPSA) is 52.6 Å². The van der Waals surface area contributed by atoms with E-state index in [1.54, 1.807) is 24.3 Å². The van der Waals surface area contributed by atoms with E-state index in [0.29, 0.717) is 5.75 Å². The molecule has 0 fully saturated rings. The normalized spacial score (nSPS) is 9.21. The van der Waals surface area contributed by atoms with Crippen molar-refractivity contribution in [2.75, 3.05) is 0 Å². The summed E-state index contributed by atoms with van der Waals surface area (Å²) in [5.74, 6) is -0.530. The van der Waals surface area contributed by atoms with Crippen LogP contribution in [-0.4, -0.2) is 11.8 Å². The summed E-state index contributed by atoms with van der Waals surface area (Å²) in [5, 5.41) is 0. The van der Waals surface area contributed by atoms with E-state index in [4.69, 9.17) is 0 Å². The van der Waals surface area contributed by atoms with Gasteiger partial charge in [0, 0.05) is 0 Å². The van der Waals surface area contributed by atoms with Gasteiger partial charge >= 0.3 is 5.97 Å². The number of carbonyl (C=O) groups is 2. The second kappa shape index (κ2) is 5.01. The van der Waals surface area contributed by atoms with Gasteiger partial charge in [-0.05, 0) is 19.1 Å². The number of rotatable bonds is 4. The maximum absolute atomic E-state index is 10.9. The lowest BCUT2D eigenvalue weighted by Crippen LogP contribution is -2.11. The third-order valence-electron chi connectivity index (χ3n) is 1.37. The summed E-state index contributed by atoms with van der Waals surface area (Å²) < 4.78 is 0. The number of hydrogen-bond donors (Lipinski definition) is 0. The maximum atomic E-state index is 10.9. The van der Waals surface area contributed by atoms with Crippen LogP contribution < -0.4 is 4.89 Å². The number of Topliss-reactive ketones (excluding diaryl/α,β-unsaturated/α-hetero) is 1. The molecule has 0 N–H and O–H groups in total. The predicted molar refractivity (Wildman–Crippen MR) is 48.5 cm³/mol. The van der Waals surface area contributed by atoms with Gasteiger partial charge < -0.3 is 0 Å². The average molecular weight is 194 g/mol. The van der Waals surface area contributed by atoms with E-state index in [2.05, 4.69) is 9.78 Å². The van der Waals surface area contributed by atoms with Gasteiger partial charge in [-0.3, -0.25) is 9.68 Å². The van der Waals surface area contributed by atoms with E-state index in [1.807, 2.05) is 6.07 Å². The molecular weight excluding hydrogens is 184 g/mol. The predicted octanol–water partition coefficient (Wildman–Crippen LogP) is 1.50. The van der Waals surface area contributed by atoms with Crippen LogP contribution in [0.3, 0.4) is 0 Å². The molecule has 4 heteroatoms. The molecule has 1 aromatic rings. The van der Waals surface area contributed by atoms with Crippen LogP contribution in [0.15, 0.2) is 30.3 Å². The van der Waals surface area contributed by atoms with E-state index in [9.17, 15) is 9.59 Å². The zero-order chi connectivity index (χ0) is 10.4. The van der Waals surface area contributed by atoms with Crippen molar-refractivity contribution in [3.05, 3.63) is 30.3 Å². The molecule has 0 saturated carbocycles. The van der Waals surface area contributed by atoms with Crippen molar-refractivity contribution < 1.29 is 19.4 Å². The lowest BCUT2D eigenvalue weighted by molar-refractivity contribution is -0.213. The van der Waals surface area contributed by atoms with Gasteiger partial charge in [-0.25, -0.2) is 9.68 Å². The van der Waals surface area contributed by atoms with Crippen LogP contribution in [0.5, 0.6) is 5.75 Å². The Kier molecular flexibility index (Phi) is 3.67. The summed E-state index contributed by atoms with van der Waals surface area (Å²) in [5.41, 5.74) is 0. The van der Waals surface area contributed by atoms with Crippen molar-refractivity contribution in [1.29, 1.82) is 0 Å². The second-order valence-electron chi connectivity index (χ2n) is 2.73. The third-order valence-corrected chi connectivity index (χ3v) is 1.37. The van der Waals surface area contributed by atoms with Gasteiger partial charge in [0.25, 0.3) is 0 Å². The van der Waals surface area contributed by atoms with Crippen molar-refractivity contribution in [2.24, 2.45) is 0 Å². The number of hydrogen-bond acceptors (Lipinski definition) is 4. The van der Waals surface area contributed by atoms with Crippen molar-refractivity contribution in [3.63, 3.8) is 0 Å². The van der Waals surface area contributed by atoms with E-state index in [-0.39, 0.29) is 12.2 Å². The minimum absolute atomic E-state index is 0.258. The molecule has 0 aromatic heterocycles. The highest BCUT2D eigenvalue weighted by Gasteiger charge is 2.07. The van der Waals surface area contributed by atoms with Crippen molar-refractivity contribution in [2.45, 2.75) is 13.3 Å². The lowest BCUT2D eigenvalue weighted by atomic mass is 10.3. The van der Waals surface area contributed by atoms with Crippen LogP contribution in [0.2, 0.25) is 0 Å². The molecule has 0 aliphatic carbocycles. The van der Waals surface area contributed by atoms with Crippen LogP contribution >= 0.6 is 0 Å². The molecule has 1 aromatic carbocycles. The van der Waals surface area contributed by atoms with Gasteiger partial charge in [0.05, 0.1) is 0 Å². The molecule has 0 atom stereocenters. The van der Waals surface area contributed by atoms with E-state index in [1.165, 1.54) is 6.92 Å². The summed E-state index contributed by atoms with van der Waals surface area (Å²) in [6.07, 6.45) is -0.271. The zero-order valence-electron chi connectivity index (χ0n) is 7.73. The zero-order valence-corrected chi connectivity index (χ0v) is 7.73. The fraction of sp³-hybridized carbons (Fsp3) is 0.200. The Hall–Kier alpha value is -1.84. The van der Waals surface area contributed by atoms with E-state index in [0.717, 1.165) is 0 Å². The first-order chi connectivity index (χ1) is 6.68. The van der Waals surface area contributed by atoms with Crippen LogP contribution in [0, 0.1) is 0 Å². The number of para-hydroxylation sites is 1. The standard InChI is InChI=1S/C10H10O4/c1-8(11)7-10(12)14-13-9-5-3-2-4-6-9/h2-6H,7H2,1H3. The van der Waals surface area contributed by atoms with Crippen molar-refractivity contribution in [1.82, 2.24) is 0 Å². The molecule has 0 heterocycles. The Labute approximate surface area is 81.4 Å². The monoisotopic (exact) mass is 194 g/mol. The highest BCUT2D eigenvalue weighted by molar-refractivity contribution is 5.93. The highest BCUT2D eigenvalue weighted by atomic mass is 17.2. The minimum Gasteiger partial charge on any atom is -0.299 e. The first kappa shape index (κ1) is 10.2. The van der Waals surface area contributed by atoms with Crippen LogP contribution in [0.1, 0.15) is 13.3 Å². The first-order valence-electron chi connectivity index (χ1n) is 4.10. The quantitative estimate of drug-likeness (QED) is 0.414. The molecule has 0 saturated heterocycles. The Morgan fingerprint density at radius 2 is 1.86 bits per heavy atom. The van der Waals surface area contributed by atoms with Crippen molar-refractivity contribution in [3.8, 4) is 5.75 Å². The summed E-state index contributed by atoms with van der Waals surface area (Å²) in [6.45, 7) is 1.31. The van der Waals surface area contributed by atoms with Gasteiger partial charge in [0.2, 0.25) is 0 Å². The smallest absolute Gasteiger partial charge is 0.299 e. The molecule has 1 rings (SSSR count). The fourth-order valence-electron chi connectivity index (χ4n) is 0.803. The first-order valence-corrected chi connectivity index (χ1v) is 4.10. The number of carbonyl (C=O) groups excluding carboxylic acids is 2. The molecule has 0 radical (unpaired) electrons. The Balaban J connectivity index is 2.34. The third kappa shape index (κ3) is 3.71. The number of benzene rings is 1. The Morgan fingerprint density at radius 3 is 2.43 bits per heavy atom. The summed E-state index contributed by atoms with van der Waals surface area (Å²) >= 11 is 0. The van der Waals surface area contributed by atoms with Crippen LogP contribution in [0.25, 0.3) is 0 Å². The molecule has 0 amide bonds. The highest BCUT2D eigenvalue weighted by Crippen LogP contribution is 2.08. The minimum atomic E-state index is -0.693. The second-order valence-corrected chi connectivity index (χ2v) is 2.73. The molecule has 0 bridgehead atoms. The van der Waals surface area contributed by atoms with E-state index < -0.39 is 5.97 Å². The Morgan fingerprint density at radius 1 is 1.21 bits per heavy atom. The van der Waals surface area contributed by atoms with Crippen LogP contribution in [-0.2, 0) is 14.5 Å². The molecule has 4 nitrogen and oxygen atoms in total. The fourth-order valence-corrected chi connectivity index (χ4v) is 0.803. The molecule has 0 aliphatic rings. The summed E-state index contributed by atoms with van der Waals surface area (Å²) in [7, 11) is 0. The molecule has 0 unspecified atom stereocenters. The van der Waals surface area contributed by atoms with Gasteiger partial charge in [0.15, 0.2) is 5.75 Å². The van der Waals surface area contributed by atoms with Gasteiger partial charge in [-0.2, -0.15) is 0 Å². The van der Waals surface area contributed by atoms with E-state index >= 15 is 0 Å². The van der Waals surface area contributed by atoms with Gasteiger partial charge in [-0.15, -0.1) is 0 Å². The van der Waals surface area contributed by atoms with Crippen LogP contribution in [0.4, 0.5) is 0 Å². The molecule has 0 spiro atoms. The lowest BCUT2D eigenvalue weighted by Gasteiger charge is -2.02. The van der Waals surface area contributed by atoms with Crippen molar-refractivity contribution >= 4 is 11.8 Å². The molecular formula is C10H10O4. The Bertz CT molecular complexity index is 318. The molecule has 0 aliphatic heterocycles. The number of ketones is 1. The average Bonchev–Trinajstić information content (AvgIpc) is 2.15. The van der Waals surface area contributed by atoms with Gasteiger partial charge in [-0.1, -0.05) is 18.2 Å². The molecule has 74 valence electrons. The SMILES string of the molecule is CC(=O)CC(=O)OOc1ccccc1. The maximum Gasteiger partial charge on any atom is 0.362 e. The largest absolute Gasteiger partial charge is 0.362 e. The summed E-state index contributed by atoms with van der Waals surface area (Å²) in [6, 6.07) is 8.58. The molecule has 14 heavy (non-hydrogen) atoms.